The lowest BCUT2D eigenvalue weighted by atomic mass is 9.82. The van der Waals surface area contributed by atoms with Crippen molar-refractivity contribution in [2.75, 3.05) is 18.5 Å². The normalized spacial score (nSPS) is 27.1. The van der Waals surface area contributed by atoms with Crippen LogP contribution in [0, 0.1) is 23.2 Å². The van der Waals surface area contributed by atoms with E-state index in [1.165, 1.54) is 12.8 Å². The molecule has 17 heavy (non-hydrogen) atoms. The summed E-state index contributed by atoms with van der Waals surface area (Å²) in [6.45, 7) is 11.0. The Bertz CT molecular complexity index is 242. The fourth-order valence-corrected chi connectivity index (χ4v) is 3.28. The molecule has 0 fully saturated rings. The van der Waals surface area contributed by atoms with Crippen molar-refractivity contribution >= 4 is 15.9 Å². The predicted octanol–water partition coefficient (Wildman–Crippen LogP) is 4.66. The lowest BCUT2D eigenvalue weighted by Crippen LogP contribution is -2.28. The maximum Gasteiger partial charge on any atom is 0.0507 e. The number of hydrogen-bond donors (Lipinski definition) is 0. The van der Waals surface area contributed by atoms with Gasteiger partial charge in [0.2, 0.25) is 0 Å². The summed E-state index contributed by atoms with van der Waals surface area (Å²) in [6.07, 6.45) is 7.02. The van der Waals surface area contributed by atoms with E-state index in [1.54, 1.807) is 0 Å². The molecule has 1 aliphatic rings. The Labute approximate surface area is 115 Å². The van der Waals surface area contributed by atoms with Gasteiger partial charge in [-0.25, -0.2) is 0 Å². The quantitative estimate of drug-likeness (QED) is 0.530. The minimum Gasteiger partial charge on any atom is -0.381 e. The summed E-state index contributed by atoms with van der Waals surface area (Å²) in [7, 11) is 0. The summed E-state index contributed by atoms with van der Waals surface area (Å²) in [5.74, 6) is 2.09. The highest BCUT2D eigenvalue weighted by Crippen LogP contribution is 2.29. The first-order valence-electron chi connectivity index (χ1n) is 6.74. The van der Waals surface area contributed by atoms with Crippen LogP contribution in [0.15, 0.2) is 12.2 Å². The number of hydrogen-bond acceptors (Lipinski definition) is 1. The van der Waals surface area contributed by atoms with E-state index >= 15 is 0 Å². The molecule has 0 aromatic rings. The number of allylic oxidation sites excluding steroid dienone is 2. The molecular weight excluding hydrogens is 276 g/mol. The third kappa shape index (κ3) is 5.13. The van der Waals surface area contributed by atoms with Gasteiger partial charge in [0, 0.05) is 11.9 Å². The highest BCUT2D eigenvalue weighted by Gasteiger charge is 2.25. The first-order chi connectivity index (χ1) is 7.95. The van der Waals surface area contributed by atoms with Crippen LogP contribution in [0.25, 0.3) is 0 Å². The molecule has 0 aromatic heterocycles. The molecule has 0 spiro atoms. The van der Waals surface area contributed by atoms with Crippen molar-refractivity contribution in [3.63, 3.8) is 0 Å². The highest BCUT2D eigenvalue weighted by molar-refractivity contribution is 9.09. The van der Waals surface area contributed by atoms with E-state index in [9.17, 15) is 0 Å². The van der Waals surface area contributed by atoms with Gasteiger partial charge in [-0.3, -0.25) is 0 Å². The summed E-state index contributed by atoms with van der Waals surface area (Å²) in [4.78, 5) is 0. The molecule has 0 N–H and O–H groups in total. The molecule has 0 amide bonds. The topological polar surface area (TPSA) is 9.23 Å². The Balaban J connectivity index is 2.29. The van der Waals surface area contributed by atoms with E-state index < -0.39 is 0 Å². The second-order valence-electron chi connectivity index (χ2n) is 6.43. The van der Waals surface area contributed by atoms with Gasteiger partial charge in [-0.05, 0) is 36.0 Å². The standard InChI is InChI=1S/C15H27BrO/c1-12-7-5-6-8-13(12)10-17-11-14(9-16)15(2,3)4/h5-6,12-14H,7-11H2,1-4H3. The van der Waals surface area contributed by atoms with Crippen molar-refractivity contribution < 1.29 is 4.74 Å². The summed E-state index contributed by atoms with van der Waals surface area (Å²) in [5.41, 5.74) is 0.321. The Kier molecular flexibility index (Phi) is 6.22. The van der Waals surface area contributed by atoms with Crippen LogP contribution < -0.4 is 0 Å². The zero-order valence-corrected chi connectivity index (χ0v) is 13.3. The molecule has 0 saturated carbocycles. The Morgan fingerprint density at radius 2 is 1.94 bits per heavy atom. The van der Waals surface area contributed by atoms with Gasteiger partial charge in [-0.15, -0.1) is 0 Å². The Morgan fingerprint density at radius 1 is 1.29 bits per heavy atom. The molecule has 0 saturated heterocycles. The van der Waals surface area contributed by atoms with Crippen LogP contribution >= 0.6 is 15.9 Å². The van der Waals surface area contributed by atoms with E-state index in [4.69, 9.17) is 4.74 Å². The van der Waals surface area contributed by atoms with E-state index in [2.05, 4.69) is 55.8 Å². The summed E-state index contributed by atoms with van der Waals surface area (Å²) in [5, 5.41) is 1.02. The summed E-state index contributed by atoms with van der Waals surface area (Å²) >= 11 is 3.60. The van der Waals surface area contributed by atoms with Gasteiger partial charge in [0.15, 0.2) is 0 Å². The lowest BCUT2D eigenvalue weighted by molar-refractivity contribution is 0.0336. The minimum atomic E-state index is 0.321. The molecule has 1 nitrogen and oxygen atoms in total. The fourth-order valence-electron chi connectivity index (χ4n) is 2.13. The molecule has 0 radical (unpaired) electrons. The van der Waals surface area contributed by atoms with Crippen molar-refractivity contribution in [2.45, 2.75) is 40.5 Å². The summed E-state index contributed by atoms with van der Waals surface area (Å²) < 4.78 is 5.96. The molecule has 100 valence electrons. The van der Waals surface area contributed by atoms with Crippen molar-refractivity contribution in [2.24, 2.45) is 23.2 Å². The molecule has 3 atom stereocenters. The molecule has 0 aliphatic heterocycles. The third-order valence-electron chi connectivity index (χ3n) is 3.98. The van der Waals surface area contributed by atoms with Gasteiger partial charge in [0.1, 0.15) is 0 Å². The monoisotopic (exact) mass is 302 g/mol. The number of rotatable bonds is 5. The maximum atomic E-state index is 5.96. The zero-order valence-electron chi connectivity index (χ0n) is 11.7. The second kappa shape index (κ2) is 6.94. The molecule has 1 rings (SSSR count). The van der Waals surface area contributed by atoms with E-state index in [1.807, 2.05) is 0 Å². The molecular formula is C15H27BrO. The van der Waals surface area contributed by atoms with Gasteiger partial charge in [0.25, 0.3) is 0 Å². The number of alkyl halides is 1. The van der Waals surface area contributed by atoms with Crippen LogP contribution in [-0.2, 0) is 4.74 Å². The molecule has 2 heteroatoms. The smallest absolute Gasteiger partial charge is 0.0507 e. The zero-order chi connectivity index (χ0) is 12.9. The van der Waals surface area contributed by atoms with E-state index in [0.29, 0.717) is 11.3 Å². The number of ether oxygens (including phenoxy) is 1. The molecule has 1 aliphatic carbocycles. The van der Waals surface area contributed by atoms with Crippen LogP contribution in [0.3, 0.4) is 0 Å². The molecule has 3 unspecified atom stereocenters. The largest absolute Gasteiger partial charge is 0.381 e. The Hall–Kier alpha value is 0.180. The third-order valence-corrected chi connectivity index (χ3v) is 4.76. The van der Waals surface area contributed by atoms with Gasteiger partial charge in [-0.1, -0.05) is 55.8 Å². The van der Waals surface area contributed by atoms with Crippen LogP contribution in [0.4, 0.5) is 0 Å². The minimum absolute atomic E-state index is 0.321. The number of halogens is 1. The average Bonchev–Trinajstić information content (AvgIpc) is 2.25. The first-order valence-corrected chi connectivity index (χ1v) is 7.86. The van der Waals surface area contributed by atoms with Gasteiger partial charge in [0.05, 0.1) is 6.61 Å². The molecule has 0 bridgehead atoms. The maximum absolute atomic E-state index is 5.96. The van der Waals surface area contributed by atoms with Crippen molar-refractivity contribution in [3.05, 3.63) is 12.2 Å². The average molecular weight is 303 g/mol. The first kappa shape index (κ1) is 15.2. The van der Waals surface area contributed by atoms with Gasteiger partial charge >= 0.3 is 0 Å². The van der Waals surface area contributed by atoms with Crippen molar-refractivity contribution in [1.82, 2.24) is 0 Å². The SMILES string of the molecule is CC1CC=CCC1COCC(CBr)C(C)(C)C. The van der Waals surface area contributed by atoms with E-state index in [-0.39, 0.29) is 0 Å². The van der Waals surface area contributed by atoms with Crippen molar-refractivity contribution in [1.29, 1.82) is 0 Å². The molecule has 0 aromatic carbocycles. The van der Waals surface area contributed by atoms with Crippen LogP contribution in [-0.4, -0.2) is 18.5 Å². The second-order valence-corrected chi connectivity index (χ2v) is 7.08. The van der Waals surface area contributed by atoms with Crippen molar-refractivity contribution in [3.8, 4) is 0 Å². The van der Waals surface area contributed by atoms with Crippen LogP contribution in [0.1, 0.15) is 40.5 Å². The van der Waals surface area contributed by atoms with Crippen LogP contribution in [0.5, 0.6) is 0 Å². The highest BCUT2D eigenvalue weighted by atomic mass is 79.9. The summed E-state index contributed by atoms with van der Waals surface area (Å²) in [6, 6.07) is 0. The fraction of sp³-hybridized carbons (Fsp3) is 0.867. The van der Waals surface area contributed by atoms with E-state index in [0.717, 1.165) is 30.4 Å². The van der Waals surface area contributed by atoms with Crippen LogP contribution in [0.2, 0.25) is 0 Å². The van der Waals surface area contributed by atoms with Gasteiger partial charge in [-0.2, -0.15) is 0 Å². The Morgan fingerprint density at radius 3 is 2.47 bits per heavy atom. The lowest BCUT2D eigenvalue weighted by Gasteiger charge is -2.30. The molecule has 0 heterocycles. The predicted molar refractivity (Wildman–Crippen MR) is 78.6 cm³/mol. The van der Waals surface area contributed by atoms with Gasteiger partial charge < -0.3 is 4.74 Å².